The van der Waals surface area contributed by atoms with Gasteiger partial charge in [-0.25, -0.2) is 0 Å². The molecule has 1 rings (SSSR count). The van der Waals surface area contributed by atoms with E-state index in [2.05, 4.69) is 12.2 Å². The van der Waals surface area contributed by atoms with E-state index in [0.29, 0.717) is 6.42 Å². The van der Waals surface area contributed by atoms with Gasteiger partial charge in [-0.2, -0.15) is 0 Å². The number of amides is 1. The molecule has 130 valence electrons. The van der Waals surface area contributed by atoms with Crippen LogP contribution in [0.4, 0.5) is 0 Å². The lowest BCUT2D eigenvalue weighted by molar-refractivity contribution is -0.196. The van der Waals surface area contributed by atoms with Crippen LogP contribution in [-0.2, 0) is 9.53 Å². The average Bonchev–Trinajstić information content (AvgIpc) is 2.49. The summed E-state index contributed by atoms with van der Waals surface area (Å²) in [5.41, 5.74) is 0. The highest BCUT2D eigenvalue weighted by molar-refractivity contribution is 5.73. The predicted octanol–water partition coefficient (Wildman–Crippen LogP) is 0.723. The summed E-state index contributed by atoms with van der Waals surface area (Å²) in [6.07, 6.45) is 4.04. The van der Waals surface area contributed by atoms with E-state index in [9.17, 15) is 20.1 Å². The number of carbonyl (C=O) groups excluding carboxylic acids is 1. The van der Waals surface area contributed by atoms with Crippen molar-refractivity contribution >= 4 is 5.91 Å². The largest absolute Gasteiger partial charge is 0.394 e. The Morgan fingerprint density at radius 3 is 2.27 bits per heavy atom. The molecule has 1 heterocycles. The molecule has 0 saturated carbocycles. The van der Waals surface area contributed by atoms with Crippen molar-refractivity contribution in [2.75, 3.05) is 6.61 Å². The number of ether oxygens (including phenoxy) is 1. The van der Waals surface area contributed by atoms with E-state index in [1.807, 2.05) is 0 Å². The summed E-state index contributed by atoms with van der Waals surface area (Å²) in [5, 5.41) is 32.0. The smallest absolute Gasteiger partial charge is 0.217 e. The molecule has 1 aliphatic heterocycles. The highest BCUT2D eigenvalue weighted by atomic mass is 16.5. The molecule has 0 aliphatic carbocycles. The number of hydrogen-bond donors (Lipinski definition) is 4. The molecule has 4 N–H and O–H groups in total. The van der Waals surface area contributed by atoms with Crippen molar-refractivity contribution in [2.24, 2.45) is 0 Å². The van der Waals surface area contributed by atoms with Crippen molar-refractivity contribution in [3.63, 3.8) is 0 Å². The molecule has 0 radical (unpaired) electrons. The molecule has 5 atom stereocenters. The Hall–Kier alpha value is -0.690. The Morgan fingerprint density at radius 1 is 1.05 bits per heavy atom. The fraction of sp³-hybridized carbons (Fsp3) is 0.938. The minimum atomic E-state index is -1.19. The Labute approximate surface area is 132 Å². The van der Waals surface area contributed by atoms with E-state index in [-0.39, 0.29) is 18.6 Å². The Bertz CT molecular complexity index is 326. The number of rotatable bonds is 9. The molecule has 1 saturated heterocycles. The van der Waals surface area contributed by atoms with Crippen LogP contribution in [0.3, 0.4) is 0 Å². The first-order valence-corrected chi connectivity index (χ1v) is 8.40. The molecule has 0 unspecified atom stereocenters. The Kier molecular flexibility index (Phi) is 8.93. The van der Waals surface area contributed by atoms with Gasteiger partial charge < -0.3 is 25.4 Å². The van der Waals surface area contributed by atoms with Gasteiger partial charge >= 0.3 is 0 Å². The van der Waals surface area contributed by atoms with Gasteiger partial charge in [-0.3, -0.25) is 4.79 Å². The Balaban J connectivity index is 2.52. The summed E-state index contributed by atoms with van der Waals surface area (Å²) in [4.78, 5) is 11.3. The van der Waals surface area contributed by atoms with E-state index in [4.69, 9.17) is 4.74 Å². The third kappa shape index (κ3) is 5.83. The van der Waals surface area contributed by atoms with Gasteiger partial charge in [-0.15, -0.1) is 0 Å². The SMILES string of the molecule is CCCCCCCC[C@H]1O[C@H](CO)[C@@H](O)[C@H](O)[C@H]1NC(C)=O. The quantitative estimate of drug-likeness (QED) is 0.470. The van der Waals surface area contributed by atoms with Crippen LogP contribution in [0.5, 0.6) is 0 Å². The van der Waals surface area contributed by atoms with Gasteiger partial charge in [0.2, 0.25) is 5.91 Å². The molecule has 1 aliphatic rings. The first-order valence-electron chi connectivity index (χ1n) is 8.40. The minimum absolute atomic E-state index is 0.268. The first kappa shape index (κ1) is 19.4. The number of aliphatic hydroxyl groups is 3. The van der Waals surface area contributed by atoms with Crippen LogP contribution < -0.4 is 5.32 Å². The van der Waals surface area contributed by atoms with Gasteiger partial charge in [0, 0.05) is 6.92 Å². The molecule has 0 aromatic heterocycles. The van der Waals surface area contributed by atoms with Crippen LogP contribution in [-0.4, -0.2) is 58.3 Å². The van der Waals surface area contributed by atoms with Crippen molar-refractivity contribution in [1.29, 1.82) is 0 Å². The van der Waals surface area contributed by atoms with Crippen molar-refractivity contribution < 1.29 is 24.9 Å². The molecule has 0 bridgehead atoms. The zero-order valence-corrected chi connectivity index (χ0v) is 13.7. The lowest BCUT2D eigenvalue weighted by atomic mass is 9.90. The monoisotopic (exact) mass is 317 g/mol. The standard InChI is InChI=1S/C16H31NO5/c1-3-4-5-6-7-8-9-12-14(17-11(2)19)16(21)15(20)13(10-18)22-12/h12-16,18,20-21H,3-10H2,1-2H3,(H,17,19)/t12-,13-,14+,15-,16-/m1/s1. The van der Waals surface area contributed by atoms with Gasteiger partial charge in [-0.1, -0.05) is 45.4 Å². The normalized spacial score (nSPS) is 32.0. The molecular formula is C16H31NO5. The molecular weight excluding hydrogens is 286 g/mol. The average molecular weight is 317 g/mol. The fourth-order valence-corrected chi connectivity index (χ4v) is 2.98. The van der Waals surface area contributed by atoms with Gasteiger partial charge in [0.1, 0.15) is 18.3 Å². The third-order valence-corrected chi connectivity index (χ3v) is 4.24. The molecule has 0 spiro atoms. The lowest BCUT2D eigenvalue weighted by Gasteiger charge is -2.42. The van der Waals surface area contributed by atoms with Crippen LogP contribution >= 0.6 is 0 Å². The summed E-state index contributed by atoms with van der Waals surface area (Å²) >= 11 is 0. The van der Waals surface area contributed by atoms with E-state index in [0.717, 1.165) is 12.8 Å². The maximum atomic E-state index is 11.3. The van der Waals surface area contributed by atoms with Crippen LogP contribution in [0, 0.1) is 0 Å². The number of nitrogens with one attached hydrogen (secondary N) is 1. The second-order valence-electron chi connectivity index (χ2n) is 6.16. The molecule has 22 heavy (non-hydrogen) atoms. The van der Waals surface area contributed by atoms with Crippen molar-refractivity contribution in [3.05, 3.63) is 0 Å². The molecule has 1 amide bonds. The van der Waals surface area contributed by atoms with Crippen LogP contribution in [0.15, 0.2) is 0 Å². The number of aliphatic hydroxyl groups excluding tert-OH is 3. The Morgan fingerprint density at radius 2 is 1.68 bits per heavy atom. The van der Waals surface area contributed by atoms with E-state index in [1.165, 1.54) is 32.6 Å². The summed E-state index contributed by atoms with van der Waals surface area (Å²) in [7, 11) is 0. The van der Waals surface area contributed by atoms with Crippen molar-refractivity contribution in [3.8, 4) is 0 Å². The van der Waals surface area contributed by atoms with Crippen LogP contribution in [0.1, 0.15) is 58.8 Å². The van der Waals surface area contributed by atoms with E-state index in [1.54, 1.807) is 0 Å². The molecule has 0 aromatic carbocycles. The van der Waals surface area contributed by atoms with Gasteiger partial charge in [0.15, 0.2) is 0 Å². The summed E-state index contributed by atoms with van der Waals surface area (Å²) in [6, 6.07) is -0.633. The second kappa shape index (κ2) is 10.2. The van der Waals surface area contributed by atoms with Crippen LogP contribution in [0.25, 0.3) is 0 Å². The minimum Gasteiger partial charge on any atom is -0.394 e. The third-order valence-electron chi connectivity index (χ3n) is 4.24. The van der Waals surface area contributed by atoms with Crippen molar-refractivity contribution in [1.82, 2.24) is 5.32 Å². The molecule has 6 nitrogen and oxygen atoms in total. The fourth-order valence-electron chi connectivity index (χ4n) is 2.98. The number of carbonyl (C=O) groups is 1. The first-order chi connectivity index (χ1) is 10.5. The zero-order chi connectivity index (χ0) is 16.5. The van der Waals surface area contributed by atoms with Gasteiger partial charge in [0.25, 0.3) is 0 Å². The van der Waals surface area contributed by atoms with Crippen LogP contribution in [0.2, 0.25) is 0 Å². The summed E-state index contributed by atoms with van der Waals surface area (Å²) in [5.74, 6) is -0.268. The van der Waals surface area contributed by atoms with Gasteiger partial charge in [-0.05, 0) is 6.42 Å². The maximum absolute atomic E-state index is 11.3. The lowest BCUT2D eigenvalue weighted by Crippen LogP contribution is -2.63. The van der Waals surface area contributed by atoms with Gasteiger partial charge in [0.05, 0.1) is 18.8 Å². The highest BCUT2D eigenvalue weighted by Gasteiger charge is 2.44. The number of hydrogen-bond acceptors (Lipinski definition) is 5. The topological polar surface area (TPSA) is 99.0 Å². The summed E-state index contributed by atoms with van der Waals surface area (Å²) < 4.78 is 5.68. The maximum Gasteiger partial charge on any atom is 0.217 e. The second-order valence-corrected chi connectivity index (χ2v) is 6.16. The summed E-state index contributed by atoms with van der Waals surface area (Å²) in [6.45, 7) is 3.20. The van der Waals surface area contributed by atoms with E-state index >= 15 is 0 Å². The number of unbranched alkanes of at least 4 members (excludes halogenated alkanes) is 5. The highest BCUT2D eigenvalue weighted by Crippen LogP contribution is 2.25. The molecule has 6 heteroatoms. The molecule has 0 aromatic rings. The molecule has 1 fully saturated rings. The van der Waals surface area contributed by atoms with Crippen molar-refractivity contribution in [2.45, 2.75) is 89.3 Å². The zero-order valence-electron chi connectivity index (χ0n) is 13.7. The predicted molar refractivity (Wildman–Crippen MR) is 83.4 cm³/mol. The van der Waals surface area contributed by atoms with E-state index < -0.39 is 24.4 Å².